The smallest absolute Gasteiger partial charge is 0.327 e. The number of aliphatic carboxylic acids is 1. The number of phenols is 1. The van der Waals surface area contributed by atoms with Gasteiger partial charge in [-0.2, -0.15) is 4.98 Å². The van der Waals surface area contributed by atoms with E-state index in [0.29, 0.717) is 35.5 Å². The molecule has 16 nitrogen and oxygen atoms in total. The standard InChI is InChI=1S/C33H33N7O9S/c1-16(41)40(37-14-4-5-22(37)43)19-10-6-18(7-11-19)26-35-15-21(27(44)36-26)28(45)38(29(46)23(34)17-8-12-20(42)13-9-17)24-30(47)39-25(32(48)49)33(2,3)50-31(24)39/h6-13,15,23-25,31,42H,4-5,14,34H2,1-3H3,(H,48,49)(H,35,36,44)/t23?,24-,25+,31-/m1/s1. The van der Waals surface area contributed by atoms with Crippen molar-refractivity contribution in [3.05, 3.63) is 65.9 Å². The van der Waals surface area contributed by atoms with Crippen molar-refractivity contribution in [1.29, 1.82) is 0 Å². The molecule has 2 aromatic carbocycles. The molecule has 0 bridgehead atoms. The van der Waals surface area contributed by atoms with Gasteiger partial charge in [0.15, 0.2) is 5.82 Å². The molecule has 3 aliphatic rings. The van der Waals surface area contributed by atoms with E-state index in [2.05, 4.69) is 9.97 Å². The molecule has 1 aromatic heterocycles. The summed E-state index contributed by atoms with van der Waals surface area (Å²) in [6, 6.07) is 7.47. The fourth-order valence-corrected chi connectivity index (χ4v) is 8.12. The van der Waals surface area contributed by atoms with Crippen molar-refractivity contribution in [2.24, 2.45) is 5.73 Å². The number of carbonyl (C=O) groups is 6. The van der Waals surface area contributed by atoms with Gasteiger partial charge in [0.05, 0.1) is 5.69 Å². The average molecular weight is 704 g/mol. The molecule has 3 aromatic rings. The zero-order chi connectivity index (χ0) is 36.2. The third-order valence-electron chi connectivity index (χ3n) is 8.86. The van der Waals surface area contributed by atoms with Crippen molar-refractivity contribution in [1.82, 2.24) is 24.8 Å². The van der Waals surface area contributed by atoms with Crippen molar-refractivity contribution in [2.45, 2.75) is 61.9 Å². The van der Waals surface area contributed by atoms with Crippen LogP contribution in [0.25, 0.3) is 11.4 Å². The molecule has 4 atom stereocenters. The Hall–Kier alpha value is -5.55. The van der Waals surface area contributed by atoms with Crippen LogP contribution in [0, 0.1) is 0 Å². The SMILES string of the molecule is CC(=O)N(c1ccc(-c2ncc(C(=O)N(C(=O)C(N)c3ccc(O)cc3)[C@@H]3C(=O)N4[C@@H]3SC(C)(C)[C@@H]4C(=O)O)c(O)n2)cc1)N1CCCC1=O. The number of nitrogens with two attached hydrogens (primary N) is 1. The lowest BCUT2D eigenvalue weighted by Crippen LogP contribution is -2.72. The van der Waals surface area contributed by atoms with Crippen LogP contribution in [0.2, 0.25) is 0 Å². The summed E-state index contributed by atoms with van der Waals surface area (Å²) in [5.41, 5.74) is 6.78. The molecular weight excluding hydrogens is 670 g/mol. The minimum Gasteiger partial charge on any atom is -0.508 e. The fourth-order valence-electron chi connectivity index (χ4n) is 6.45. The Morgan fingerprint density at radius 2 is 1.70 bits per heavy atom. The highest BCUT2D eigenvalue weighted by atomic mass is 32.2. The number of carbonyl (C=O) groups excluding carboxylic acids is 5. The van der Waals surface area contributed by atoms with Crippen molar-refractivity contribution < 1.29 is 44.1 Å². The molecule has 6 rings (SSSR count). The highest BCUT2D eigenvalue weighted by Gasteiger charge is 2.67. The van der Waals surface area contributed by atoms with E-state index in [1.165, 1.54) is 41.2 Å². The van der Waals surface area contributed by atoms with Crippen LogP contribution in [0.4, 0.5) is 5.69 Å². The Labute approximate surface area is 289 Å². The first-order chi connectivity index (χ1) is 23.6. The summed E-state index contributed by atoms with van der Waals surface area (Å²) in [7, 11) is 0. The number of hydrogen-bond donors (Lipinski definition) is 4. The zero-order valence-corrected chi connectivity index (χ0v) is 27.9. The summed E-state index contributed by atoms with van der Waals surface area (Å²) in [6.45, 7) is 5.02. The Morgan fingerprint density at radius 3 is 2.26 bits per heavy atom. The van der Waals surface area contributed by atoms with Gasteiger partial charge < -0.3 is 26.0 Å². The third-order valence-corrected chi connectivity index (χ3v) is 10.4. The number of carboxylic acid groups (broad SMARTS) is 1. The molecule has 17 heteroatoms. The Balaban J connectivity index is 1.31. The monoisotopic (exact) mass is 703 g/mol. The maximum atomic E-state index is 14.1. The third kappa shape index (κ3) is 5.77. The van der Waals surface area contributed by atoms with Crippen LogP contribution in [-0.2, 0) is 24.0 Å². The van der Waals surface area contributed by atoms with Gasteiger partial charge >= 0.3 is 5.97 Å². The molecule has 4 heterocycles. The van der Waals surface area contributed by atoms with Crippen molar-refractivity contribution >= 4 is 53.0 Å². The maximum Gasteiger partial charge on any atom is 0.327 e. The minimum absolute atomic E-state index is 0.0146. The lowest BCUT2D eigenvalue weighted by molar-refractivity contribution is -0.166. The molecule has 5 amide bonds. The number of amides is 5. The van der Waals surface area contributed by atoms with E-state index < -0.39 is 63.4 Å². The number of anilines is 1. The number of carboxylic acids is 1. The van der Waals surface area contributed by atoms with E-state index in [-0.39, 0.29) is 29.0 Å². The number of β-lactam (4-membered cyclic amide) rings is 1. The summed E-state index contributed by atoms with van der Waals surface area (Å²) in [6.07, 6.45) is 1.95. The zero-order valence-electron chi connectivity index (χ0n) is 27.1. The van der Waals surface area contributed by atoms with Gasteiger partial charge in [-0.3, -0.25) is 28.9 Å². The van der Waals surface area contributed by atoms with E-state index in [9.17, 15) is 44.1 Å². The van der Waals surface area contributed by atoms with E-state index in [1.54, 1.807) is 38.1 Å². The van der Waals surface area contributed by atoms with E-state index in [0.717, 1.165) is 22.9 Å². The molecule has 0 aliphatic carbocycles. The molecule has 0 radical (unpaired) electrons. The van der Waals surface area contributed by atoms with Gasteiger partial charge in [-0.1, -0.05) is 12.1 Å². The van der Waals surface area contributed by atoms with Crippen LogP contribution in [0.3, 0.4) is 0 Å². The second kappa shape index (κ2) is 12.7. The molecule has 3 saturated heterocycles. The van der Waals surface area contributed by atoms with Crippen molar-refractivity contribution in [3.8, 4) is 23.0 Å². The first-order valence-electron chi connectivity index (χ1n) is 15.5. The second-order valence-corrected chi connectivity index (χ2v) is 14.3. The van der Waals surface area contributed by atoms with Gasteiger partial charge in [0.2, 0.25) is 17.7 Å². The molecule has 0 saturated carbocycles. The van der Waals surface area contributed by atoms with Gasteiger partial charge in [0.1, 0.15) is 34.8 Å². The van der Waals surface area contributed by atoms with Crippen LogP contribution >= 0.6 is 11.8 Å². The molecule has 5 N–H and O–H groups in total. The Bertz CT molecular complexity index is 1920. The predicted molar refractivity (Wildman–Crippen MR) is 177 cm³/mol. The van der Waals surface area contributed by atoms with Crippen molar-refractivity contribution in [3.63, 3.8) is 0 Å². The number of imide groups is 1. The number of fused-ring (bicyclic) bond motifs is 1. The van der Waals surface area contributed by atoms with Crippen molar-refractivity contribution in [2.75, 3.05) is 11.6 Å². The number of hydrogen-bond acceptors (Lipinski definition) is 12. The average Bonchev–Trinajstić information content (AvgIpc) is 3.60. The predicted octanol–water partition coefficient (Wildman–Crippen LogP) is 1.63. The molecule has 3 aliphatic heterocycles. The van der Waals surface area contributed by atoms with Crippen LogP contribution < -0.4 is 10.7 Å². The normalized spacial score (nSPS) is 21.3. The minimum atomic E-state index is -1.48. The maximum absolute atomic E-state index is 14.1. The number of rotatable bonds is 8. The van der Waals surface area contributed by atoms with Gasteiger partial charge in [-0.25, -0.2) is 19.8 Å². The van der Waals surface area contributed by atoms with Crippen LogP contribution in [-0.4, -0.2) is 104 Å². The van der Waals surface area contributed by atoms with Gasteiger partial charge in [0.25, 0.3) is 17.7 Å². The van der Waals surface area contributed by atoms with E-state index in [1.807, 2.05) is 0 Å². The van der Waals surface area contributed by atoms with E-state index >= 15 is 0 Å². The number of benzene rings is 2. The molecule has 260 valence electrons. The Kier molecular flexibility index (Phi) is 8.73. The number of nitrogens with zero attached hydrogens (tertiary/aromatic N) is 6. The number of hydrazine groups is 1. The van der Waals surface area contributed by atoms with Crippen LogP contribution in [0.1, 0.15) is 55.6 Å². The topological polar surface area (TPSA) is 228 Å². The largest absolute Gasteiger partial charge is 0.508 e. The summed E-state index contributed by atoms with van der Waals surface area (Å²) in [5, 5.41) is 32.3. The van der Waals surface area contributed by atoms with Gasteiger partial charge in [-0.05, 0) is 62.2 Å². The number of aromatic hydroxyl groups is 2. The Morgan fingerprint density at radius 1 is 1.04 bits per heavy atom. The summed E-state index contributed by atoms with van der Waals surface area (Å²) >= 11 is 1.11. The lowest BCUT2D eigenvalue weighted by Gasteiger charge is -2.47. The number of aromatic nitrogens is 2. The number of thioether (sulfide) groups is 1. The summed E-state index contributed by atoms with van der Waals surface area (Å²) in [4.78, 5) is 88.5. The summed E-state index contributed by atoms with van der Waals surface area (Å²) < 4.78 is -0.967. The molecule has 50 heavy (non-hydrogen) atoms. The highest BCUT2D eigenvalue weighted by Crippen LogP contribution is 2.52. The van der Waals surface area contributed by atoms with Gasteiger partial charge in [-0.15, -0.1) is 11.8 Å². The first kappa shape index (κ1) is 34.3. The van der Waals surface area contributed by atoms with Crippen LogP contribution in [0.5, 0.6) is 11.6 Å². The molecule has 0 spiro atoms. The molecule has 3 fully saturated rings. The van der Waals surface area contributed by atoms with E-state index in [4.69, 9.17) is 5.73 Å². The molecular formula is C33H33N7O9S. The molecule has 1 unspecified atom stereocenters. The fraction of sp³-hybridized carbons (Fsp3) is 0.333. The summed E-state index contributed by atoms with van der Waals surface area (Å²) in [5.74, 6) is -5.62. The quantitative estimate of drug-likeness (QED) is 0.245. The highest BCUT2D eigenvalue weighted by molar-refractivity contribution is 8.01. The van der Waals surface area contributed by atoms with Gasteiger partial charge in [0, 0.05) is 36.4 Å². The van der Waals surface area contributed by atoms with Crippen LogP contribution in [0.15, 0.2) is 54.7 Å². The second-order valence-electron chi connectivity index (χ2n) is 12.6. The lowest BCUT2D eigenvalue weighted by atomic mass is 9.94. The number of phenolic OH excluding ortho intramolecular Hbond substituents is 1. The first-order valence-corrected chi connectivity index (χ1v) is 16.4.